The Morgan fingerprint density at radius 1 is 1.22 bits per heavy atom. The maximum absolute atomic E-state index is 14.2. The fourth-order valence-electron chi connectivity index (χ4n) is 3.13. The molecule has 124 valence electrons. The molecule has 0 aliphatic carbocycles. The first-order chi connectivity index (χ1) is 11.1. The minimum Gasteiger partial charge on any atom is -0.368 e. The lowest BCUT2D eigenvalue weighted by molar-refractivity contribution is -0.141. The van der Waals surface area contributed by atoms with Gasteiger partial charge in [-0.05, 0) is 38.0 Å². The van der Waals surface area contributed by atoms with Gasteiger partial charge in [0.1, 0.15) is 11.9 Å². The van der Waals surface area contributed by atoms with Crippen LogP contribution >= 0.6 is 0 Å². The quantitative estimate of drug-likeness (QED) is 0.798. The SMILES string of the molecule is CC(=O)c1ccc(N2CCN(C(=O)[C@H]3CCCO3)CC2)c(F)c1. The lowest BCUT2D eigenvalue weighted by Gasteiger charge is -2.37. The smallest absolute Gasteiger partial charge is 0.251 e. The summed E-state index contributed by atoms with van der Waals surface area (Å²) in [5, 5.41) is 0. The second-order valence-corrected chi connectivity index (χ2v) is 6.04. The second-order valence-electron chi connectivity index (χ2n) is 6.04. The molecule has 2 saturated heterocycles. The zero-order valence-corrected chi connectivity index (χ0v) is 13.3. The maximum atomic E-state index is 14.2. The average molecular weight is 320 g/mol. The van der Waals surface area contributed by atoms with Gasteiger partial charge in [0, 0.05) is 38.3 Å². The number of ether oxygens (including phenoxy) is 1. The molecule has 6 heteroatoms. The van der Waals surface area contributed by atoms with Crippen LogP contribution in [0.4, 0.5) is 10.1 Å². The number of hydrogen-bond donors (Lipinski definition) is 0. The fraction of sp³-hybridized carbons (Fsp3) is 0.529. The Morgan fingerprint density at radius 2 is 1.96 bits per heavy atom. The van der Waals surface area contributed by atoms with Gasteiger partial charge < -0.3 is 14.5 Å². The highest BCUT2D eigenvalue weighted by molar-refractivity contribution is 5.94. The zero-order chi connectivity index (χ0) is 16.4. The molecular formula is C17H21FN2O3. The third-order valence-electron chi connectivity index (χ3n) is 4.49. The molecule has 0 unspecified atom stereocenters. The number of amides is 1. The first-order valence-electron chi connectivity index (χ1n) is 8.02. The van der Waals surface area contributed by atoms with Crippen molar-refractivity contribution in [3.05, 3.63) is 29.6 Å². The Balaban J connectivity index is 1.62. The Kier molecular flexibility index (Phi) is 4.61. The van der Waals surface area contributed by atoms with Crippen LogP contribution < -0.4 is 4.90 Å². The fourth-order valence-corrected chi connectivity index (χ4v) is 3.13. The van der Waals surface area contributed by atoms with Gasteiger partial charge in [-0.15, -0.1) is 0 Å². The first-order valence-corrected chi connectivity index (χ1v) is 8.02. The van der Waals surface area contributed by atoms with E-state index in [2.05, 4.69) is 0 Å². The number of carbonyl (C=O) groups excluding carboxylic acids is 2. The predicted octanol–water partition coefficient (Wildman–Crippen LogP) is 1.86. The molecule has 2 fully saturated rings. The molecule has 2 aliphatic heterocycles. The van der Waals surface area contributed by atoms with E-state index in [1.165, 1.54) is 13.0 Å². The Bertz CT molecular complexity index is 606. The second kappa shape index (κ2) is 6.66. The number of carbonyl (C=O) groups is 2. The molecule has 2 aliphatic rings. The molecule has 1 aromatic rings. The van der Waals surface area contributed by atoms with Gasteiger partial charge in [0.2, 0.25) is 0 Å². The number of piperazine rings is 1. The topological polar surface area (TPSA) is 49.9 Å². The highest BCUT2D eigenvalue weighted by Gasteiger charge is 2.30. The van der Waals surface area contributed by atoms with Crippen molar-refractivity contribution >= 4 is 17.4 Å². The molecule has 2 heterocycles. The highest BCUT2D eigenvalue weighted by atomic mass is 19.1. The lowest BCUT2D eigenvalue weighted by atomic mass is 10.1. The number of rotatable bonds is 3. The number of anilines is 1. The summed E-state index contributed by atoms with van der Waals surface area (Å²) in [6.45, 7) is 4.36. The van der Waals surface area contributed by atoms with Gasteiger partial charge in [-0.2, -0.15) is 0 Å². The first kappa shape index (κ1) is 15.9. The molecule has 0 saturated carbocycles. The van der Waals surface area contributed by atoms with Crippen LogP contribution in [-0.4, -0.2) is 55.5 Å². The number of benzene rings is 1. The number of nitrogens with zero attached hydrogens (tertiary/aromatic N) is 2. The summed E-state index contributed by atoms with van der Waals surface area (Å²) in [6, 6.07) is 4.57. The third-order valence-corrected chi connectivity index (χ3v) is 4.49. The van der Waals surface area contributed by atoms with E-state index in [-0.39, 0.29) is 17.8 Å². The molecule has 0 bridgehead atoms. The van der Waals surface area contributed by atoms with Gasteiger partial charge in [0.25, 0.3) is 5.91 Å². The van der Waals surface area contributed by atoms with E-state index in [4.69, 9.17) is 4.74 Å². The van der Waals surface area contributed by atoms with Crippen LogP contribution in [-0.2, 0) is 9.53 Å². The minimum atomic E-state index is -0.392. The summed E-state index contributed by atoms with van der Waals surface area (Å²) in [5.74, 6) is -0.492. The van der Waals surface area contributed by atoms with Gasteiger partial charge >= 0.3 is 0 Å². The van der Waals surface area contributed by atoms with E-state index < -0.39 is 5.82 Å². The van der Waals surface area contributed by atoms with Gasteiger partial charge in [-0.25, -0.2) is 4.39 Å². The summed E-state index contributed by atoms with van der Waals surface area (Å²) in [5.41, 5.74) is 0.859. The van der Waals surface area contributed by atoms with Crippen LogP contribution in [0.2, 0.25) is 0 Å². The summed E-state index contributed by atoms with van der Waals surface area (Å²) >= 11 is 0. The standard InChI is InChI=1S/C17H21FN2O3/c1-12(21)13-4-5-15(14(18)11-13)19-6-8-20(9-7-19)17(22)16-3-2-10-23-16/h4-5,11,16H,2-3,6-10H2,1H3/t16-/m1/s1. The average Bonchev–Trinajstić information content (AvgIpc) is 3.08. The molecule has 1 aromatic carbocycles. The monoisotopic (exact) mass is 320 g/mol. The summed E-state index contributed by atoms with van der Waals surface area (Å²) < 4.78 is 19.6. The van der Waals surface area contributed by atoms with E-state index in [1.807, 2.05) is 4.90 Å². The molecule has 0 spiro atoms. The van der Waals surface area contributed by atoms with Crippen LogP contribution in [0.15, 0.2) is 18.2 Å². The van der Waals surface area contributed by atoms with Crippen LogP contribution in [0.5, 0.6) is 0 Å². The normalized spacial score (nSPS) is 21.6. The van der Waals surface area contributed by atoms with E-state index in [9.17, 15) is 14.0 Å². The van der Waals surface area contributed by atoms with Crippen molar-refractivity contribution in [2.24, 2.45) is 0 Å². The van der Waals surface area contributed by atoms with Crippen LogP contribution in [0.25, 0.3) is 0 Å². The molecule has 1 amide bonds. The molecule has 0 aromatic heterocycles. The number of ketones is 1. The summed E-state index contributed by atoms with van der Waals surface area (Å²) in [6.07, 6.45) is 1.43. The van der Waals surface area contributed by atoms with Gasteiger partial charge in [-0.1, -0.05) is 0 Å². The van der Waals surface area contributed by atoms with Crippen molar-refractivity contribution in [3.8, 4) is 0 Å². The largest absolute Gasteiger partial charge is 0.368 e. The number of hydrogen-bond acceptors (Lipinski definition) is 4. The van der Waals surface area contributed by atoms with Crippen molar-refractivity contribution in [1.82, 2.24) is 4.90 Å². The Morgan fingerprint density at radius 3 is 2.52 bits per heavy atom. The Labute approximate surface area is 135 Å². The molecule has 0 N–H and O–H groups in total. The number of Topliss-reactive ketones (excluding diaryl/α,β-unsaturated/α-hetero) is 1. The van der Waals surface area contributed by atoms with Crippen LogP contribution in [0.1, 0.15) is 30.1 Å². The van der Waals surface area contributed by atoms with Crippen molar-refractivity contribution in [2.75, 3.05) is 37.7 Å². The van der Waals surface area contributed by atoms with E-state index in [0.717, 1.165) is 12.8 Å². The molecule has 23 heavy (non-hydrogen) atoms. The van der Waals surface area contributed by atoms with Crippen molar-refractivity contribution in [1.29, 1.82) is 0 Å². The van der Waals surface area contributed by atoms with Crippen molar-refractivity contribution in [2.45, 2.75) is 25.9 Å². The van der Waals surface area contributed by atoms with E-state index in [0.29, 0.717) is 44.0 Å². The van der Waals surface area contributed by atoms with Gasteiger partial charge in [0.05, 0.1) is 5.69 Å². The van der Waals surface area contributed by atoms with Gasteiger partial charge in [0.15, 0.2) is 5.78 Å². The maximum Gasteiger partial charge on any atom is 0.251 e. The van der Waals surface area contributed by atoms with E-state index >= 15 is 0 Å². The summed E-state index contributed by atoms with van der Waals surface area (Å²) in [7, 11) is 0. The molecule has 3 rings (SSSR count). The zero-order valence-electron chi connectivity index (χ0n) is 13.3. The van der Waals surface area contributed by atoms with Crippen molar-refractivity contribution in [3.63, 3.8) is 0 Å². The lowest BCUT2D eigenvalue weighted by Crippen LogP contribution is -2.51. The van der Waals surface area contributed by atoms with Gasteiger partial charge in [-0.3, -0.25) is 9.59 Å². The predicted molar refractivity (Wildman–Crippen MR) is 84.2 cm³/mol. The van der Waals surface area contributed by atoms with Crippen LogP contribution in [0, 0.1) is 5.82 Å². The molecular weight excluding hydrogens is 299 g/mol. The summed E-state index contributed by atoms with van der Waals surface area (Å²) in [4.78, 5) is 27.3. The highest BCUT2D eigenvalue weighted by Crippen LogP contribution is 2.23. The van der Waals surface area contributed by atoms with E-state index in [1.54, 1.807) is 17.0 Å². The molecule has 5 nitrogen and oxygen atoms in total. The van der Waals surface area contributed by atoms with Crippen molar-refractivity contribution < 1.29 is 18.7 Å². The molecule has 1 atom stereocenters. The van der Waals surface area contributed by atoms with Crippen LogP contribution in [0.3, 0.4) is 0 Å². The third kappa shape index (κ3) is 3.37. The number of halogens is 1. The molecule has 0 radical (unpaired) electrons. The minimum absolute atomic E-state index is 0.0505. The Hall–Kier alpha value is -1.95.